The molecule has 86 valence electrons. The lowest BCUT2D eigenvalue weighted by molar-refractivity contribution is 1.46. The van der Waals surface area contributed by atoms with E-state index in [2.05, 4.69) is 66.5 Å². The molecule has 1 nitrogen and oxygen atoms in total. The predicted molar refractivity (Wildman–Crippen MR) is 78.0 cm³/mol. The van der Waals surface area contributed by atoms with Gasteiger partial charge < -0.3 is 4.98 Å². The third-order valence-electron chi connectivity index (χ3n) is 3.74. The molecule has 18 heavy (non-hydrogen) atoms. The second-order valence-electron chi connectivity index (χ2n) is 4.83. The summed E-state index contributed by atoms with van der Waals surface area (Å²) in [6.45, 7) is 2.15. The Morgan fingerprint density at radius 2 is 1.44 bits per heavy atom. The third-order valence-corrected chi connectivity index (χ3v) is 3.74. The van der Waals surface area contributed by atoms with Crippen molar-refractivity contribution in [2.75, 3.05) is 0 Å². The maximum Gasteiger partial charge on any atom is 0.0544 e. The molecule has 1 heterocycles. The average Bonchev–Trinajstić information content (AvgIpc) is 2.79. The lowest BCUT2D eigenvalue weighted by Gasteiger charge is -1.98. The Bertz CT molecular complexity index is 884. The van der Waals surface area contributed by atoms with Gasteiger partial charge in [0.25, 0.3) is 0 Å². The number of rotatable bonds is 0. The van der Waals surface area contributed by atoms with Crippen LogP contribution in [0.5, 0.6) is 0 Å². The van der Waals surface area contributed by atoms with E-state index >= 15 is 0 Å². The molecule has 0 aliphatic rings. The van der Waals surface area contributed by atoms with Crippen LogP contribution in [0.25, 0.3) is 32.6 Å². The van der Waals surface area contributed by atoms with E-state index in [0.717, 1.165) is 0 Å². The van der Waals surface area contributed by atoms with E-state index < -0.39 is 0 Å². The summed E-state index contributed by atoms with van der Waals surface area (Å²) in [5.41, 5.74) is 3.80. The van der Waals surface area contributed by atoms with Crippen LogP contribution in [0, 0.1) is 6.92 Å². The molecule has 0 saturated carbocycles. The quantitative estimate of drug-likeness (QED) is 0.448. The third kappa shape index (κ3) is 1.16. The molecule has 0 atom stereocenters. The van der Waals surface area contributed by atoms with Crippen molar-refractivity contribution in [3.8, 4) is 0 Å². The molecule has 0 bridgehead atoms. The SMILES string of the molecule is Cc1cccc2c1[nH]c1c3ccccc3ccc21. The van der Waals surface area contributed by atoms with Crippen molar-refractivity contribution < 1.29 is 0 Å². The molecule has 4 aromatic rings. The number of benzene rings is 3. The highest BCUT2D eigenvalue weighted by Gasteiger charge is 2.07. The van der Waals surface area contributed by atoms with Crippen molar-refractivity contribution in [3.05, 3.63) is 60.2 Å². The van der Waals surface area contributed by atoms with Crippen molar-refractivity contribution in [2.24, 2.45) is 0 Å². The number of hydrogen-bond donors (Lipinski definition) is 1. The second-order valence-corrected chi connectivity index (χ2v) is 4.83. The Labute approximate surface area is 105 Å². The molecule has 0 unspecified atom stereocenters. The fourth-order valence-corrected chi connectivity index (χ4v) is 2.81. The van der Waals surface area contributed by atoms with Gasteiger partial charge >= 0.3 is 0 Å². The predicted octanol–water partition coefficient (Wildman–Crippen LogP) is 4.78. The van der Waals surface area contributed by atoms with Gasteiger partial charge in [0.1, 0.15) is 0 Å². The zero-order valence-electron chi connectivity index (χ0n) is 10.2. The fraction of sp³-hybridized carbons (Fsp3) is 0.0588. The summed E-state index contributed by atoms with van der Waals surface area (Å²) in [6, 6.07) is 19.4. The van der Waals surface area contributed by atoms with E-state index in [9.17, 15) is 0 Å². The second kappa shape index (κ2) is 3.36. The summed E-state index contributed by atoms with van der Waals surface area (Å²) in [7, 11) is 0. The number of para-hydroxylation sites is 1. The minimum atomic E-state index is 1.25. The lowest BCUT2D eigenvalue weighted by atomic mass is 10.1. The van der Waals surface area contributed by atoms with Gasteiger partial charge in [0.2, 0.25) is 0 Å². The smallest absolute Gasteiger partial charge is 0.0544 e. The maximum absolute atomic E-state index is 3.59. The van der Waals surface area contributed by atoms with Gasteiger partial charge in [0.15, 0.2) is 0 Å². The highest BCUT2D eigenvalue weighted by atomic mass is 14.7. The van der Waals surface area contributed by atoms with E-state index in [1.807, 2.05) is 0 Å². The number of H-pyrrole nitrogens is 1. The molecule has 1 N–H and O–H groups in total. The molecule has 0 aliphatic carbocycles. The number of nitrogens with one attached hydrogen (secondary N) is 1. The van der Waals surface area contributed by atoms with E-state index in [4.69, 9.17) is 0 Å². The summed E-state index contributed by atoms with van der Waals surface area (Å²) < 4.78 is 0. The Hall–Kier alpha value is -2.28. The molecule has 0 spiro atoms. The molecule has 1 aromatic heterocycles. The summed E-state index contributed by atoms with van der Waals surface area (Å²) in [5.74, 6) is 0. The highest BCUT2D eigenvalue weighted by Crippen LogP contribution is 2.32. The Morgan fingerprint density at radius 1 is 0.667 bits per heavy atom. The van der Waals surface area contributed by atoms with Gasteiger partial charge in [0, 0.05) is 21.7 Å². The van der Waals surface area contributed by atoms with Gasteiger partial charge in [-0.15, -0.1) is 0 Å². The van der Waals surface area contributed by atoms with Gasteiger partial charge in [-0.3, -0.25) is 0 Å². The molecular weight excluding hydrogens is 218 g/mol. The van der Waals surface area contributed by atoms with Gasteiger partial charge in [0.05, 0.1) is 5.52 Å². The zero-order valence-corrected chi connectivity index (χ0v) is 10.2. The van der Waals surface area contributed by atoms with Crippen LogP contribution in [0.2, 0.25) is 0 Å². The molecule has 0 fully saturated rings. The molecule has 0 radical (unpaired) electrons. The fourth-order valence-electron chi connectivity index (χ4n) is 2.81. The molecule has 0 saturated heterocycles. The molecule has 1 heteroatoms. The van der Waals surface area contributed by atoms with Crippen molar-refractivity contribution in [3.63, 3.8) is 0 Å². The van der Waals surface area contributed by atoms with Crippen LogP contribution in [-0.4, -0.2) is 4.98 Å². The van der Waals surface area contributed by atoms with Crippen LogP contribution in [0.15, 0.2) is 54.6 Å². The van der Waals surface area contributed by atoms with Crippen LogP contribution in [0.1, 0.15) is 5.56 Å². The van der Waals surface area contributed by atoms with Gasteiger partial charge in [-0.05, 0) is 17.9 Å². The molecular formula is C17H13N. The first-order chi connectivity index (χ1) is 8.84. The average molecular weight is 231 g/mol. The summed E-state index contributed by atoms with van der Waals surface area (Å²) in [5, 5.41) is 5.21. The Kier molecular flexibility index (Phi) is 1.81. The van der Waals surface area contributed by atoms with Gasteiger partial charge in [-0.25, -0.2) is 0 Å². The van der Waals surface area contributed by atoms with Crippen LogP contribution >= 0.6 is 0 Å². The normalized spacial score (nSPS) is 11.6. The van der Waals surface area contributed by atoms with Crippen molar-refractivity contribution in [1.82, 2.24) is 4.98 Å². The maximum atomic E-state index is 3.59. The number of hydrogen-bond acceptors (Lipinski definition) is 0. The molecule has 0 aliphatic heterocycles. The largest absolute Gasteiger partial charge is 0.354 e. The van der Waals surface area contributed by atoms with Gasteiger partial charge in [-0.2, -0.15) is 0 Å². The number of aryl methyl sites for hydroxylation is 1. The van der Waals surface area contributed by atoms with Gasteiger partial charge in [-0.1, -0.05) is 54.6 Å². The first-order valence-electron chi connectivity index (χ1n) is 6.23. The van der Waals surface area contributed by atoms with Crippen LogP contribution < -0.4 is 0 Å². The topological polar surface area (TPSA) is 15.8 Å². The Morgan fingerprint density at radius 3 is 2.39 bits per heavy atom. The molecule has 3 aromatic carbocycles. The molecule has 0 amide bonds. The first-order valence-corrected chi connectivity index (χ1v) is 6.23. The number of aromatic nitrogens is 1. The van der Waals surface area contributed by atoms with E-state index in [1.165, 1.54) is 38.1 Å². The molecule has 4 rings (SSSR count). The number of fused-ring (bicyclic) bond motifs is 5. The van der Waals surface area contributed by atoms with Crippen molar-refractivity contribution in [1.29, 1.82) is 0 Å². The minimum Gasteiger partial charge on any atom is -0.354 e. The summed E-state index contributed by atoms with van der Waals surface area (Å²) in [6.07, 6.45) is 0. The van der Waals surface area contributed by atoms with E-state index in [1.54, 1.807) is 0 Å². The summed E-state index contributed by atoms with van der Waals surface area (Å²) >= 11 is 0. The lowest BCUT2D eigenvalue weighted by Crippen LogP contribution is -1.74. The Balaban J connectivity index is 2.33. The van der Waals surface area contributed by atoms with E-state index in [-0.39, 0.29) is 0 Å². The van der Waals surface area contributed by atoms with Crippen molar-refractivity contribution >= 4 is 32.6 Å². The van der Waals surface area contributed by atoms with E-state index in [0.29, 0.717) is 0 Å². The zero-order chi connectivity index (χ0) is 12.1. The van der Waals surface area contributed by atoms with Crippen LogP contribution in [-0.2, 0) is 0 Å². The summed E-state index contributed by atoms with van der Waals surface area (Å²) in [4.78, 5) is 3.59. The standard InChI is InChI=1S/C17H13N/c1-11-5-4-8-14-15-10-9-12-6-2-3-7-13(12)17(15)18-16(11)14/h2-10,18H,1H3. The monoisotopic (exact) mass is 231 g/mol. The highest BCUT2D eigenvalue weighted by molar-refractivity contribution is 6.17. The van der Waals surface area contributed by atoms with Crippen LogP contribution in [0.3, 0.4) is 0 Å². The minimum absolute atomic E-state index is 1.25. The first kappa shape index (κ1) is 9.72. The van der Waals surface area contributed by atoms with Crippen LogP contribution in [0.4, 0.5) is 0 Å². The number of aromatic amines is 1. The van der Waals surface area contributed by atoms with Crippen molar-refractivity contribution in [2.45, 2.75) is 6.92 Å².